The number of thiophene rings is 1. The third-order valence-corrected chi connectivity index (χ3v) is 5.77. The molecule has 0 radical (unpaired) electrons. The van der Waals surface area contributed by atoms with Gasteiger partial charge in [0.05, 0.1) is 19.1 Å². The Hall–Kier alpha value is -2.80. The fourth-order valence-electron chi connectivity index (χ4n) is 3.43. The number of rotatable bonds is 4. The zero-order chi connectivity index (χ0) is 19.0. The topological polar surface area (TPSA) is 56.6 Å². The van der Waals surface area contributed by atoms with Crippen LogP contribution in [0.1, 0.15) is 21.6 Å². The number of methoxy groups -OCH3 is 2. The molecule has 7 heteroatoms. The second-order valence-corrected chi connectivity index (χ2v) is 7.42. The molecule has 0 unspecified atom stereocenters. The number of hydrogen-bond acceptors (Lipinski definition) is 5. The first kappa shape index (κ1) is 17.6. The first-order valence-corrected chi connectivity index (χ1v) is 9.59. The lowest BCUT2D eigenvalue weighted by atomic mass is 9.98. The van der Waals surface area contributed by atoms with Crippen LogP contribution in [-0.4, -0.2) is 41.4 Å². The van der Waals surface area contributed by atoms with Gasteiger partial charge in [-0.3, -0.25) is 9.48 Å². The van der Waals surface area contributed by atoms with Crippen LogP contribution in [0.25, 0.3) is 10.6 Å². The molecule has 1 aliphatic heterocycles. The van der Waals surface area contributed by atoms with Gasteiger partial charge in [0.2, 0.25) is 0 Å². The number of amides is 1. The molecule has 0 bridgehead atoms. The molecule has 0 saturated heterocycles. The van der Waals surface area contributed by atoms with Crippen molar-refractivity contribution >= 4 is 17.2 Å². The summed E-state index contributed by atoms with van der Waals surface area (Å²) in [7, 11) is 5.07. The molecule has 3 heterocycles. The van der Waals surface area contributed by atoms with Gasteiger partial charge < -0.3 is 14.4 Å². The number of ether oxygens (including phenoxy) is 2. The van der Waals surface area contributed by atoms with Crippen LogP contribution in [0.15, 0.2) is 35.7 Å². The molecule has 4 rings (SSSR count). The van der Waals surface area contributed by atoms with Crippen LogP contribution in [0.5, 0.6) is 11.5 Å². The molecule has 6 nitrogen and oxygen atoms in total. The molecule has 0 saturated carbocycles. The number of hydrogen-bond donors (Lipinski definition) is 0. The minimum absolute atomic E-state index is 0.00626. The summed E-state index contributed by atoms with van der Waals surface area (Å²) in [6.07, 6.45) is 0.789. The molecule has 2 aromatic heterocycles. The van der Waals surface area contributed by atoms with E-state index in [1.165, 1.54) is 5.56 Å². The number of fused-ring (bicyclic) bond motifs is 1. The van der Waals surface area contributed by atoms with Crippen molar-refractivity contribution in [2.24, 2.45) is 7.05 Å². The Labute approximate surface area is 161 Å². The summed E-state index contributed by atoms with van der Waals surface area (Å²) >= 11 is 1.62. The minimum atomic E-state index is -0.00626. The van der Waals surface area contributed by atoms with Gasteiger partial charge in [-0.25, -0.2) is 0 Å². The van der Waals surface area contributed by atoms with Gasteiger partial charge in [-0.1, -0.05) is 6.07 Å². The molecule has 0 atom stereocenters. The Balaban J connectivity index is 1.60. The van der Waals surface area contributed by atoms with Crippen molar-refractivity contribution < 1.29 is 14.3 Å². The highest BCUT2D eigenvalue weighted by molar-refractivity contribution is 7.13. The van der Waals surface area contributed by atoms with E-state index in [4.69, 9.17) is 9.47 Å². The number of carbonyl (C=O) groups excluding carboxylic acids is 1. The fourth-order valence-corrected chi connectivity index (χ4v) is 4.11. The summed E-state index contributed by atoms with van der Waals surface area (Å²) in [5, 5.41) is 6.52. The van der Waals surface area contributed by atoms with E-state index in [9.17, 15) is 4.79 Å². The predicted molar refractivity (Wildman–Crippen MR) is 105 cm³/mol. The average Bonchev–Trinajstić information content (AvgIpc) is 3.35. The lowest BCUT2D eigenvalue weighted by Crippen LogP contribution is -2.36. The molecule has 0 spiro atoms. The number of aryl methyl sites for hydroxylation is 1. The average molecular weight is 383 g/mol. The summed E-state index contributed by atoms with van der Waals surface area (Å²) in [4.78, 5) is 16.0. The number of carbonyl (C=O) groups is 1. The summed E-state index contributed by atoms with van der Waals surface area (Å²) in [6, 6.07) is 9.85. The lowest BCUT2D eigenvalue weighted by Gasteiger charge is -2.29. The molecule has 0 N–H and O–H groups in total. The maximum absolute atomic E-state index is 13.1. The van der Waals surface area contributed by atoms with E-state index < -0.39 is 0 Å². The van der Waals surface area contributed by atoms with Crippen molar-refractivity contribution in [2.45, 2.75) is 13.0 Å². The zero-order valence-electron chi connectivity index (χ0n) is 15.6. The van der Waals surface area contributed by atoms with Crippen LogP contribution < -0.4 is 9.47 Å². The number of aromatic nitrogens is 2. The first-order valence-electron chi connectivity index (χ1n) is 8.71. The first-order chi connectivity index (χ1) is 13.1. The lowest BCUT2D eigenvalue weighted by molar-refractivity contribution is 0.0723. The van der Waals surface area contributed by atoms with Gasteiger partial charge in [0.25, 0.3) is 5.91 Å². The molecule has 1 aromatic carbocycles. The molecule has 1 aliphatic rings. The molecule has 0 fully saturated rings. The summed E-state index contributed by atoms with van der Waals surface area (Å²) in [6.45, 7) is 1.22. The number of benzene rings is 1. The van der Waals surface area contributed by atoms with Crippen molar-refractivity contribution in [3.63, 3.8) is 0 Å². The second-order valence-electron chi connectivity index (χ2n) is 6.47. The van der Waals surface area contributed by atoms with Crippen LogP contribution in [0, 0.1) is 0 Å². The molecule has 0 aliphatic carbocycles. The van der Waals surface area contributed by atoms with Gasteiger partial charge in [0.1, 0.15) is 11.4 Å². The quantitative estimate of drug-likeness (QED) is 0.693. The smallest absolute Gasteiger partial charge is 0.272 e. The minimum Gasteiger partial charge on any atom is -0.493 e. The Bertz CT molecular complexity index is 979. The van der Waals surface area contributed by atoms with Crippen molar-refractivity contribution in [1.29, 1.82) is 0 Å². The maximum Gasteiger partial charge on any atom is 0.272 e. The maximum atomic E-state index is 13.1. The van der Waals surface area contributed by atoms with Gasteiger partial charge in [-0.15, -0.1) is 11.3 Å². The van der Waals surface area contributed by atoms with Crippen molar-refractivity contribution in [2.75, 3.05) is 20.8 Å². The van der Waals surface area contributed by atoms with E-state index in [-0.39, 0.29) is 5.91 Å². The Morgan fingerprint density at radius 2 is 1.89 bits per heavy atom. The summed E-state index contributed by atoms with van der Waals surface area (Å²) in [5.41, 5.74) is 3.72. The molecular formula is C20H21N3O3S. The van der Waals surface area contributed by atoms with Gasteiger partial charge in [-0.05, 0) is 47.2 Å². The third-order valence-electron chi connectivity index (χ3n) is 4.88. The van der Waals surface area contributed by atoms with Crippen LogP contribution in [0.3, 0.4) is 0 Å². The van der Waals surface area contributed by atoms with Gasteiger partial charge in [0, 0.05) is 20.1 Å². The summed E-state index contributed by atoms with van der Waals surface area (Å²) in [5.74, 6) is 1.41. The van der Waals surface area contributed by atoms with E-state index in [1.807, 2.05) is 47.7 Å². The van der Waals surface area contributed by atoms with E-state index in [0.29, 0.717) is 24.5 Å². The van der Waals surface area contributed by atoms with Crippen molar-refractivity contribution in [3.8, 4) is 22.1 Å². The Morgan fingerprint density at radius 3 is 2.56 bits per heavy atom. The standard InChI is InChI=1S/C20H21N3O3S/c1-22-16(11-15(21-22)19-5-4-8-27-19)20(24)23-7-6-13-9-17(25-2)18(26-3)10-14(13)12-23/h4-5,8-11H,6-7,12H2,1-3H3. The monoisotopic (exact) mass is 383 g/mol. The fraction of sp³-hybridized carbons (Fsp3) is 0.300. The Kier molecular flexibility index (Phi) is 4.61. The highest BCUT2D eigenvalue weighted by Crippen LogP contribution is 2.33. The van der Waals surface area contributed by atoms with Crippen molar-refractivity contribution in [1.82, 2.24) is 14.7 Å². The molecule has 140 valence electrons. The highest BCUT2D eigenvalue weighted by atomic mass is 32.1. The van der Waals surface area contributed by atoms with Crippen LogP contribution in [-0.2, 0) is 20.0 Å². The van der Waals surface area contributed by atoms with Gasteiger partial charge in [-0.2, -0.15) is 5.10 Å². The van der Waals surface area contributed by atoms with E-state index in [2.05, 4.69) is 5.10 Å². The summed E-state index contributed by atoms with van der Waals surface area (Å²) < 4.78 is 12.5. The van der Waals surface area contributed by atoms with Crippen LogP contribution in [0.4, 0.5) is 0 Å². The normalized spacial score (nSPS) is 13.4. The highest BCUT2D eigenvalue weighted by Gasteiger charge is 2.26. The Morgan fingerprint density at radius 1 is 1.15 bits per heavy atom. The van der Waals surface area contributed by atoms with E-state index in [1.54, 1.807) is 30.2 Å². The molecule has 27 heavy (non-hydrogen) atoms. The zero-order valence-corrected chi connectivity index (χ0v) is 16.4. The molecule has 1 amide bonds. The van der Waals surface area contributed by atoms with Crippen LogP contribution in [0.2, 0.25) is 0 Å². The van der Waals surface area contributed by atoms with E-state index in [0.717, 1.165) is 28.3 Å². The number of nitrogens with zero attached hydrogens (tertiary/aromatic N) is 3. The second kappa shape index (κ2) is 7.08. The molecule has 3 aromatic rings. The van der Waals surface area contributed by atoms with E-state index >= 15 is 0 Å². The van der Waals surface area contributed by atoms with Crippen LogP contribution >= 0.6 is 11.3 Å². The van der Waals surface area contributed by atoms with Gasteiger partial charge >= 0.3 is 0 Å². The van der Waals surface area contributed by atoms with Gasteiger partial charge in [0.15, 0.2) is 11.5 Å². The largest absolute Gasteiger partial charge is 0.493 e. The third kappa shape index (κ3) is 3.19. The SMILES string of the molecule is COc1cc2c(cc1OC)CN(C(=O)c1cc(-c3cccs3)nn1C)CC2. The van der Waals surface area contributed by atoms with Crippen molar-refractivity contribution in [3.05, 3.63) is 52.5 Å². The molecular weight excluding hydrogens is 362 g/mol. The predicted octanol–water partition coefficient (Wildman–Crippen LogP) is 3.36.